The second kappa shape index (κ2) is 13.5. The minimum atomic E-state index is -4.62. The van der Waals surface area contributed by atoms with Crippen LogP contribution in [0.4, 0.5) is 24.1 Å². The number of carbonyl (C=O) groups excluding carboxylic acids is 1. The van der Waals surface area contributed by atoms with Crippen LogP contribution in [0.15, 0.2) is 30.6 Å². The van der Waals surface area contributed by atoms with E-state index < -0.39 is 23.6 Å². The highest BCUT2D eigenvalue weighted by Gasteiger charge is 2.35. The van der Waals surface area contributed by atoms with Crippen LogP contribution in [0, 0.1) is 5.92 Å². The number of amides is 1. The number of aliphatic carboxylic acids is 1. The van der Waals surface area contributed by atoms with Crippen LogP contribution in [0.2, 0.25) is 0 Å². The number of carboxylic acids is 1. The molecule has 2 saturated heterocycles. The van der Waals surface area contributed by atoms with Gasteiger partial charge in [0, 0.05) is 36.1 Å². The molecular formula is C30H35F3N6O4S. The number of benzene rings is 1. The average Bonchev–Trinajstić information content (AvgIpc) is 3.63. The minimum Gasteiger partial charge on any atom is -0.496 e. The van der Waals surface area contributed by atoms with Gasteiger partial charge in [-0.25, -0.2) is 15.0 Å². The highest BCUT2D eigenvalue weighted by Crippen LogP contribution is 2.41. The van der Waals surface area contributed by atoms with Crippen molar-refractivity contribution in [2.45, 2.75) is 64.2 Å². The molecule has 0 bridgehead atoms. The number of alkyl halides is 3. The van der Waals surface area contributed by atoms with Crippen LogP contribution in [0.3, 0.4) is 0 Å². The molecule has 10 nitrogen and oxygen atoms in total. The number of piperidine rings is 1. The second-order valence-electron chi connectivity index (χ2n) is 11.1. The lowest BCUT2D eigenvalue weighted by molar-refractivity contribution is -0.142. The third kappa shape index (κ3) is 7.12. The number of halogens is 3. The SMILES string of the molecule is CCC[C@@H]1CCCN1Cc1sc(NC(=O)c2cnc(N3CCC(C(=O)O)CC3)cn2)nc1-c1ccc(OC)c(C(F)(F)F)c1. The predicted octanol–water partition coefficient (Wildman–Crippen LogP) is 5.95. The maximum atomic E-state index is 13.9. The molecule has 14 heteroatoms. The molecule has 0 radical (unpaired) electrons. The molecule has 2 aliphatic rings. The summed E-state index contributed by atoms with van der Waals surface area (Å²) in [5.41, 5.74) is -0.174. The van der Waals surface area contributed by atoms with Gasteiger partial charge in [-0.2, -0.15) is 13.2 Å². The van der Waals surface area contributed by atoms with Crippen LogP contribution in [0.25, 0.3) is 11.3 Å². The van der Waals surface area contributed by atoms with Crippen LogP contribution in [-0.2, 0) is 17.5 Å². The summed E-state index contributed by atoms with van der Waals surface area (Å²) in [6.45, 7) is 4.58. The first-order valence-corrected chi connectivity index (χ1v) is 15.5. The van der Waals surface area contributed by atoms with E-state index in [-0.39, 0.29) is 28.1 Å². The molecule has 5 rings (SSSR count). The molecule has 2 aromatic heterocycles. The van der Waals surface area contributed by atoms with Gasteiger partial charge in [-0.1, -0.05) is 24.7 Å². The number of likely N-dealkylation sites (tertiary alicyclic amines) is 1. The maximum absolute atomic E-state index is 13.9. The summed E-state index contributed by atoms with van der Waals surface area (Å²) in [5.74, 6) is -1.45. The molecule has 236 valence electrons. The van der Waals surface area contributed by atoms with Crippen molar-refractivity contribution in [3.63, 3.8) is 0 Å². The molecule has 2 fully saturated rings. The number of nitrogens with zero attached hydrogens (tertiary/aromatic N) is 5. The van der Waals surface area contributed by atoms with Crippen molar-refractivity contribution in [2.24, 2.45) is 5.92 Å². The zero-order chi connectivity index (χ0) is 31.4. The van der Waals surface area contributed by atoms with Gasteiger partial charge in [-0.3, -0.25) is 19.8 Å². The Hall–Kier alpha value is -3.78. The van der Waals surface area contributed by atoms with Gasteiger partial charge in [0.1, 0.15) is 17.3 Å². The molecular weight excluding hydrogens is 597 g/mol. The van der Waals surface area contributed by atoms with Gasteiger partial charge in [0.25, 0.3) is 5.91 Å². The summed E-state index contributed by atoms with van der Waals surface area (Å²) >= 11 is 1.23. The third-order valence-corrected chi connectivity index (χ3v) is 9.16. The van der Waals surface area contributed by atoms with E-state index in [1.165, 1.54) is 36.9 Å². The van der Waals surface area contributed by atoms with Crippen LogP contribution in [0.1, 0.15) is 66.4 Å². The molecule has 0 saturated carbocycles. The fraction of sp³-hybridized carbons (Fsp3) is 0.500. The predicted molar refractivity (Wildman–Crippen MR) is 160 cm³/mol. The van der Waals surface area contributed by atoms with Crippen molar-refractivity contribution >= 4 is 34.2 Å². The number of rotatable bonds is 10. The van der Waals surface area contributed by atoms with Gasteiger partial charge in [0.15, 0.2) is 5.13 Å². The van der Waals surface area contributed by atoms with Crippen molar-refractivity contribution in [3.05, 3.63) is 46.7 Å². The largest absolute Gasteiger partial charge is 0.496 e. The highest BCUT2D eigenvalue weighted by atomic mass is 32.1. The number of nitrogens with one attached hydrogen (secondary N) is 1. The van der Waals surface area contributed by atoms with Crippen LogP contribution in [-0.4, -0.2) is 69.6 Å². The Morgan fingerprint density at radius 1 is 1.14 bits per heavy atom. The van der Waals surface area contributed by atoms with Crippen molar-refractivity contribution < 1.29 is 32.6 Å². The summed E-state index contributed by atoms with van der Waals surface area (Å²) in [5, 5.41) is 12.2. The molecule has 3 aromatic rings. The number of anilines is 2. The Morgan fingerprint density at radius 3 is 2.55 bits per heavy atom. The molecule has 1 atom stereocenters. The first-order chi connectivity index (χ1) is 21.1. The molecule has 0 unspecified atom stereocenters. The van der Waals surface area contributed by atoms with Crippen LogP contribution < -0.4 is 15.0 Å². The van der Waals surface area contributed by atoms with Crippen molar-refractivity contribution in [1.29, 1.82) is 0 Å². The zero-order valence-electron chi connectivity index (χ0n) is 24.6. The van der Waals surface area contributed by atoms with Gasteiger partial charge < -0.3 is 14.7 Å². The fourth-order valence-corrected chi connectivity index (χ4v) is 6.89. The van der Waals surface area contributed by atoms with Gasteiger partial charge >= 0.3 is 12.1 Å². The quantitative estimate of drug-likeness (QED) is 0.280. The molecule has 4 heterocycles. The highest BCUT2D eigenvalue weighted by molar-refractivity contribution is 7.16. The number of hydrogen-bond donors (Lipinski definition) is 2. The van der Waals surface area contributed by atoms with E-state index in [4.69, 9.17) is 4.74 Å². The summed E-state index contributed by atoms with van der Waals surface area (Å²) in [7, 11) is 1.20. The molecule has 1 amide bonds. The van der Waals surface area contributed by atoms with Crippen LogP contribution in [0.5, 0.6) is 5.75 Å². The molecule has 44 heavy (non-hydrogen) atoms. The number of aromatic nitrogens is 3. The van der Waals surface area contributed by atoms with Gasteiger partial charge in [-0.05, 0) is 56.8 Å². The van der Waals surface area contributed by atoms with E-state index in [0.717, 1.165) is 43.2 Å². The number of carbonyl (C=O) groups is 2. The fourth-order valence-electron chi connectivity index (χ4n) is 5.88. The Balaban J connectivity index is 1.38. The number of ether oxygens (including phenoxy) is 1. The first-order valence-electron chi connectivity index (χ1n) is 14.7. The van der Waals surface area contributed by atoms with E-state index in [0.29, 0.717) is 50.0 Å². The second-order valence-corrected chi connectivity index (χ2v) is 12.2. The van der Waals surface area contributed by atoms with E-state index >= 15 is 0 Å². The van der Waals surface area contributed by atoms with Gasteiger partial charge in [-0.15, -0.1) is 0 Å². The average molecular weight is 633 g/mol. The Kier molecular flexibility index (Phi) is 9.68. The number of hydrogen-bond acceptors (Lipinski definition) is 9. The monoisotopic (exact) mass is 632 g/mol. The Morgan fingerprint density at radius 2 is 1.91 bits per heavy atom. The Labute approximate surface area is 257 Å². The van der Waals surface area contributed by atoms with Crippen molar-refractivity contribution in [1.82, 2.24) is 19.9 Å². The summed E-state index contributed by atoms with van der Waals surface area (Å²) in [6.07, 6.45) is 3.40. The first kappa shape index (κ1) is 31.6. The third-order valence-electron chi connectivity index (χ3n) is 8.20. The lowest BCUT2D eigenvalue weighted by atomic mass is 9.97. The smallest absolute Gasteiger partial charge is 0.419 e. The molecule has 1 aromatic carbocycles. The standard InChI is InChI=1S/C30H35F3N6O4S/c1-3-5-20-6-4-11-39(20)17-24-26(19-7-8-23(43-2)21(14-19)30(31,32)33)36-29(44-24)37-27(40)22-15-35-25(16-34-22)38-12-9-18(10-13-38)28(41)42/h7-8,14-16,18,20H,3-6,9-13,17H2,1-2H3,(H,41,42)(H,36,37,40)/t20-/m1/s1. The lowest BCUT2D eigenvalue weighted by Crippen LogP contribution is -2.36. The summed E-state index contributed by atoms with van der Waals surface area (Å²) < 4.78 is 46.5. The minimum absolute atomic E-state index is 0.0545. The van der Waals surface area contributed by atoms with Crippen molar-refractivity contribution in [2.75, 3.05) is 37.0 Å². The maximum Gasteiger partial charge on any atom is 0.419 e. The lowest BCUT2D eigenvalue weighted by Gasteiger charge is -2.30. The Bertz CT molecular complexity index is 1470. The summed E-state index contributed by atoms with van der Waals surface area (Å²) in [6, 6.07) is 4.27. The molecule has 2 aliphatic heterocycles. The van der Waals surface area contributed by atoms with E-state index in [1.807, 2.05) is 4.90 Å². The van der Waals surface area contributed by atoms with E-state index in [2.05, 4.69) is 32.1 Å². The van der Waals surface area contributed by atoms with E-state index in [9.17, 15) is 27.9 Å². The van der Waals surface area contributed by atoms with Gasteiger partial charge in [0.2, 0.25) is 0 Å². The number of carboxylic acid groups (broad SMARTS) is 1. The number of methoxy groups -OCH3 is 1. The molecule has 0 spiro atoms. The topological polar surface area (TPSA) is 121 Å². The number of thiazole rings is 1. The van der Waals surface area contributed by atoms with Crippen LogP contribution >= 0.6 is 11.3 Å². The molecule has 2 N–H and O–H groups in total. The van der Waals surface area contributed by atoms with Crippen molar-refractivity contribution in [3.8, 4) is 17.0 Å². The zero-order valence-corrected chi connectivity index (χ0v) is 25.4. The van der Waals surface area contributed by atoms with E-state index in [1.54, 1.807) is 6.07 Å². The van der Waals surface area contributed by atoms with Gasteiger partial charge in [0.05, 0.1) is 36.7 Å². The summed E-state index contributed by atoms with van der Waals surface area (Å²) in [4.78, 5) is 42.6. The molecule has 0 aliphatic carbocycles. The normalized spacial score (nSPS) is 18.0.